The van der Waals surface area contributed by atoms with Gasteiger partial charge in [-0.15, -0.1) is 0 Å². The van der Waals surface area contributed by atoms with Crippen LogP contribution in [0.2, 0.25) is 5.02 Å². The quantitative estimate of drug-likeness (QED) is 0.787. The number of methoxy groups -OCH3 is 1. The fourth-order valence-corrected chi connectivity index (χ4v) is 2.35. The number of hydrogen-bond acceptors (Lipinski definition) is 3. The van der Waals surface area contributed by atoms with Crippen molar-refractivity contribution in [2.75, 3.05) is 20.3 Å². The molecule has 0 aliphatic heterocycles. The molecule has 1 N–H and O–H groups in total. The van der Waals surface area contributed by atoms with E-state index in [9.17, 15) is 4.79 Å². The minimum atomic E-state index is -0.148. The van der Waals surface area contributed by atoms with E-state index < -0.39 is 0 Å². The highest BCUT2D eigenvalue weighted by Crippen LogP contribution is 2.20. The maximum Gasteiger partial charge on any atom is 0.255 e. The van der Waals surface area contributed by atoms with Crippen LogP contribution in [0, 0.1) is 5.92 Å². The second-order valence-electron chi connectivity index (χ2n) is 5.68. The van der Waals surface area contributed by atoms with E-state index in [0.29, 0.717) is 36.1 Å². The molecule has 0 heterocycles. The summed E-state index contributed by atoms with van der Waals surface area (Å²) in [5.74, 6) is 0.662. The van der Waals surface area contributed by atoms with Gasteiger partial charge in [-0.1, -0.05) is 42.8 Å². The number of ether oxygens (including phenoxy) is 2. The number of halogens is 1. The minimum Gasteiger partial charge on any atom is -0.488 e. The number of carbonyl (C=O) groups is 1. The van der Waals surface area contributed by atoms with Crippen LogP contribution in [0.15, 0.2) is 48.5 Å². The fraction of sp³-hybridized carbons (Fsp3) is 0.316. The lowest BCUT2D eigenvalue weighted by molar-refractivity contribution is 0.0929. The molecular weight excluding hydrogens is 326 g/mol. The second kappa shape index (κ2) is 9.30. The molecule has 1 amide bonds. The molecule has 2 rings (SSSR count). The predicted molar refractivity (Wildman–Crippen MR) is 95.6 cm³/mol. The highest BCUT2D eigenvalue weighted by Gasteiger charge is 2.13. The van der Waals surface area contributed by atoms with Gasteiger partial charge in [0, 0.05) is 18.7 Å². The molecule has 0 saturated heterocycles. The fourth-order valence-electron chi connectivity index (χ4n) is 2.23. The number of hydrogen-bond donors (Lipinski definition) is 1. The van der Waals surface area contributed by atoms with Gasteiger partial charge in [-0.3, -0.25) is 4.79 Å². The molecule has 0 saturated carbocycles. The highest BCUT2D eigenvalue weighted by molar-refractivity contribution is 6.30. The minimum absolute atomic E-state index is 0.148. The Morgan fingerprint density at radius 2 is 1.88 bits per heavy atom. The van der Waals surface area contributed by atoms with Crippen molar-refractivity contribution in [3.8, 4) is 5.75 Å². The van der Waals surface area contributed by atoms with Crippen molar-refractivity contribution >= 4 is 17.5 Å². The van der Waals surface area contributed by atoms with Gasteiger partial charge in [0.15, 0.2) is 0 Å². The number of benzene rings is 2. The first-order valence-corrected chi connectivity index (χ1v) is 8.21. The molecule has 2 aromatic carbocycles. The lowest BCUT2D eigenvalue weighted by Crippen LogP contribution is -2.30. The normalized spacial score (nSPS) is 11.8. The first kappa shape index (κ1) is 18.3. The Bertz CT molecular complexity index is 658. The Labute approximate surface area is 147 Å². The van der Waals surface area contributed by atoms with Crippen LogP contribution in [0.3, 0.4) is 0 Å². The summed E-state index contributed by atoms with van der Waals surface area (Å²) in [6.07, 6.45) is 0. The lowest BCUT2D eigenvalue weighted by atomic mass is 10.1. The highest BCUT2D eigenvalue weighted by atomic mass is 35.5. The van der Waals surface area contributed by atoms with E-state index in [1.807, 2.05) is 43.3 Å². The summed E-state index contributed by atoms with van der Waals surface area (Å²) >= 11 is 5.88. The first-order valence-electron chi connectivity index (χ1n) is 7.83. The molecule has 24 heavy (non-hydrogen) atoms. The average Bonchev–Trinajstić information content (AvgIpc) is 2.60. The molecule has 5 heteroatoms. The van der Waals surface area contributed by atoms with Gasteiger partial charge in [-0.25, -0.2) is 0 Å². The molecule has 2 aromatic rings. The summed E-state index contributed by atoms with van der Waals surface area (Å²) in [5, 5.41) is 3.60. The van der Waals surface area contributed by atoms with Gasteiger partial charge in [-0.2, -0.15) is 0 Å². The molecule has 0 fully saturated rings. The van der Waals surface area contributed by atoms with Crippen LogP contribution in [0.5, 0.6) is 5.75 Å². The average molecular weight is 348 g/mol. The number of amides is 1. The SMILES string of the molecule is COCC(C)CNC(=O)c1ccccc1OCc1ccc(Cl)cc1. The molecule has 1 atom stereocenters. The lowest BCUT2D eigenvalue weighted by Gasteiger charge is -2.14. The summed E-state index contributed by atoms with van der Waals surface area (Å²) in [4.78, 5) is 12.4. The van der Waals surface area contributed by atoms with Crippen molar-refractivity contribution in [2.45, 2.75) is 13.5 Å². The number of para-hydroxylation sites is 1. The van der Waals surface area contributed by atoms with Gasteiger partial charge in [0.05, 0.1) is 12.2 Å². The summed E-state index contributed by atoms with van der Waals surface area (Å²) in [6.45, 7) is 3.56. The van der Waals surface area contributed by atoms with Crippen LogP contribution >= 0.6 is 11.6 Å². The summed E-state index contributed by atoms with van der Waals surface area (Å²) < 4.78 is 10.9. The van der Waals surface area contributed by atoms with E-state index >= 15 is 0 Å². The number of carbonyl (C=O) groups excluding carboxylic acids is 1. The molecule has 0 bridgehead atoms. The van der Waals surface area contributed by atoms with Gasteiger partial charge in [0.25, 0.3) is 5.91 Å². The van der Waals surface area contributed by atoms with Crippen LogP contribution in [0.4, 0.5) is 0 Å². The molecule has 128 valence electrons. The molecule has 4 nitrogen and oxygen atoms in total. The predicted octanol–water partition coefficient (Wildman–Crippen LogP) is 3.93. The monoisotopic (exact) mass is 347 g/mol. The molecular formula is C19H22ClNO3. The Hall–Kier alpha value is -2.04. The van der Waals surface area contributed by atoms with Crippen LogP contribution in [0.25, 0.3) is 0 Å². The zero-order valence-corrected chi connectivity index (χ0v) is 14.7. The van der Waals surface area contributed by atoms with E-state index in [4.69, 9.17) is 21.1 Å². The summed E-state index contributed by atoms with van der Waals surface area (Å²) in [5.41, 5.74) is 1.51. The van der Waals surface area contributed by atoms with Crippen LogP contribution in [-0.2, 0) is 11.3 Å². The Kier molecular flexibility index (Phi) is 7.09. The number of nitrogens with one attached hydrogen (secondary N) is 1. The third-order valence-corrected chi connectivity index (χ3v) is 3.75. The maximum absolute atomic E-state index is 12.4. The molecule has 0 radical (unpaired) electrons. The molecule has 0 aliphatic carbocycles. The first-order chi connectivity index (χ1) is 11.6. The van der Waals surface area contributed by atoms with Gasteiger partial charge in [0.1, 0.15) is 12.4 Å². The third kappa shape index (κ3) is 5.55. The van der Waals surface area contributed by atoms with Crippen molar-refractivity contribution in [2.24, 2.45) is 5.92 Å². The standard InChI is InChI=1S/C19H22ClNO3/c1-14(12-23-2)11-21-19(22)17-5-3-4-6-18(17)24-13-15-7-9-16(20)10-8-15/h3-10,14H,11-13H2,1-2H3,(H,21,22). The van der Waals surface area contributed by atoms with Crippen molar-refractivity contribution in [3.05, 3.63) is 64.7 Å². The van der Waals surface area contributed by atoms with Crippen molar-refractivity contribution in [1.29, 1.82) is 0 Å². The van der Waals surface area contributed by atoms with Crippen LogP contribution in [0.1, 0.15) is 22.8 Å². The third-order valence-electron chi connectivity index (χ3n) is 3.50. The largest absolute Gasteiger partial charge is 0.488 e. The molecule has 0 aromatic heterocycles. The van der Waals surface area contributed by atoms with Crippen molar-refractivity contribution < 1.29 is 14.3 Å². The summed E-state index contributed by atoms with van der Waals surface area (Å²) in [6, 6.07) is 14.7. The Balaban J connectivity index is 1.98. The van der Waals surface area contributed by atoms with Crippen LogP contribution < -0.4 is 10.1 Å². The van der Waals surface area contributed by atoms with Crippen molar-refractivity contribution in [3.63, 3.8) is 0 Å². The van der Waals surface area contributed by atoms with E-state index in [1.54, 1.807) is 19.2 Å². The van der Waals surface area contributed by atoms with Crippen molar-refractivity contribution in [1.82, 2.24) is 5.32 Å². The molecule has 1 unspecified atom stereocenters. The van der Waals surface area contributed by atoms with Gasteiger partial charge in [0.2, 0.25) is 0 Å². The zero-order chi connectivity index (χ0) is 17.4. The molecule has 0 spiro atoms. The topological polar surface area (TPSA) is 47.6 Å². The van der Waals surface area contributed by atoms with Gasteiger partial charge in [-0.05, 0) is 35.7 Å². The summed E-state index contributed by atoms with van der Waals surface area (Å²) in [7, 11) is 1.65. The Morgan fingerprint density at radius 1 is 1.17 bits per heavy atom. The Morgan fingerprint density at radius 3 is 2.58 bits per heavy atom. The van der Waals surface area contributed by atoms with E-state index in [1.165, 1.54) is 0 Å². The number of rotatable bonds is 8. The molecule has 0 aliphatic rings. The van der Waals surface area contributed by atoms with Gasteiger partial charge < -0.3 is 14.8 Å². The second-order valence-corrected chi connectivity index (χ2v) is 6.12. The van der Waals surface area contributed by atoms with E-state index in [-0.39, 0.29) is 11.8 Å². The smallest absolute Gasteiger partial charge is 0.255 e. The van der Waals surface area contributed by atoms with Gasteiger partial charge >= 0.3 is 0 Å². The maximum atomic E-state index is 12.4. The van der Waals surface area contributed by atoms with E-state index in [0.717, 1.165) is 5.56 Å². The van der Waals surface area contributed by atoms with Crippen LogP contribution in [-0.4, -0.2) is 26.2 Å². The van der Waals surface area contributed by atoms with E-state index in [2.05, 4.69) is 5.32 Å². The zero-order valence-electron chi connectivity index (χ0n) is 13.9.